The van der Waals surface area contributed by atoms with E-state index in [0.29, 0.717) is 0 Å². The monoisotopic (exact) mass is 282 g/mol. The Morgan fingerprint density at radius 1 is 1.45 bits per heavy atom. The molecule has 0 aromatic rings. The van der Waals surface area contributed by atoms with Crippen molar-refractivity contribution < 1.29 is 19.1 Å². The first-order chi connectivity index (χ1) is 9.19. The number of nitrogens with zero attached hydrogens (tertiary/aromatic N) is 1. The molecule has 1 aliphatic heterocycles. The average Bonchev–Trinajstić information content (AvgIpc) is 3.13. The largest absolute Gasteiger partial charge is 0.468 e. The van der Waals surface area contributed by atoms with Gasteiger partial charge in [0.05, 0.1) is 19.1 Å². The van der Waals surface area contributed by atoms with Gasteiger partial charge in [0.25, 0.3) is 0 Å². The lowest BCUT2D eigenvalue weighted by atomic mass is 9.92. The molecule has 6 heteroatoms. The lowest BCUT2D eigenvalue weighted by Gasteiger charge is -2.32. The van der Waals surface area contributed by atoms with Crippen molar-refractivity contribution in [3.63, 3.8) is 0 Å². The van der Waals surface area contributed by atoms with Gasteiger partial charge in [-0.05, 0) is 19.8 Å². The van der Waals surface area contributed by atoms with Crippen LogP contribution < -0.4 is 5.32 Å². The number of amides is 2. The van der Waals surface area contributed by atoms with E-state index in [1.807, 2.05) is 0 Å². The number of carbonyl (C=O) groups excluding carboxylic acids is 3. The first-order valence-corrected chi connectivity index (χ1v) is 6.90. The van der Waals surface area contributed by atoms with Crippen LogP contribution in [0.3, 0.4) is 0 Å². The molecule has 0 bridgehead atoms. The molecule has 6 nitrogen and oxygen atoms in total. The molecular formula is C14H22N2O4. The topological polar surface area (TPSA) is 75.7 Å². The Morgan fingerprint density at radius 3 is 2.45 bits per heavy atom. The maximum absolute atomic E-state index is 12.3. The van der Waals surface area contributed by atoms with Gasteiger partial charge in [-0.1, -0.05) is 13.8 Å². The van der Waals surface area contributed by atoms with Crippen molar-refractivity contribution >= 4 is 17.8 Å². The van der Waals surface area contributed by atoms with Gasteiger partial charge in [0.2, 0.25) is 11.8 Å². The summed E-state index contributed by atoms with van der Waals surface area (Å²) in [6, 6.07) is 0.264. The highest BCUT2D eigenvalue weighted by Crippen LogP contribution is 2.33. The van der Waals surface area contributed by atoms with Gasteiger partial charge in [-0.3, -0.25) is 19.8 Å². The van der Waals surface area contributed by atoms with Crippen molar-refractivity contribution in [2.24, 2.45) is 5.41 Å². The first-order valence-electron chi connectivity index (χ1n) is 6.90. The molecule has 1 saturated carbocycles. The van der Waals surface area contributed by atoms with Crippen LogP contribution in [0.4, 0.5) is 0 Å². The second kappa shape index (κ2) is 4.84. The molecule has 0 aromatic heterocycles. The summed E-state index contributed by atoms with van der Waals surface area (Å²) in [7, 11) is 1.31. The van der Waals surface area contributed by atoms with E-state index in [1.54, 1.807) is 20.8 Å². The van der Waals surface area contributed by atoms with Crippen LogP contribution in [-0.4, -0.2) is 47.9 Å². The summed E-state index contributed by atoms with van der Waals surface area (Å²) in [6.45, 7) is 5.20. The molecule has 112 valence electrons. The third-order valence-electron chi connectivity index (χ3n) is 3.93. The van der Waals surface area contributed by atoms with E-state index < -0.39 is 16.9 Å². The highest BCUT2D eigenvalue weighted by atomic mass is 16.5. The molecule has 2 aliphatic rings. The fraction of sp³-hybridized carbons (Fsp3) is 0.786. The number of carbonyl (C=O) groups is 3. The van der Waals surface area contributed by atoms with E-state index in [4.69, 9.17) is 4.74 Å². The second-order valence-electron chi connectivity index (χ2n) is 6.59. The van der Waals surface area contributed by atoms with Crippen LogP contribution in [0.15, 0.2) is 0 Å². The number of hydrogen-bond acceptors (Lipinski definition) is 5. The van der Waals surface area contributed by atoms with Gasteiger partial charge in [0.15, 0.2) is 0 Å². The normalized spacial score (nSPS) is 24.7. The first kappa shape index (κ1) is 15.0. The smallest absolute Gasteiger partial charge is 0.327 e. The third-order valence-corrected chi connectivity index (χ3v) is 3.93. The van der Waals surface area contributed by atoms with E-state index in [-0.39, 0.29) is 30.8 Å². The number of esters is 1. The van der Waals surface area contributed by atoms with E-state index in [9.17, 15) is 14.4 Å². The second-order valence-corrected chi connectivity index (χ2v) is 6.59. The van der Waals surface area contributed by atoms with Gasteiger partial charge >= 0.3 is 5.97 Å². The molecular weight excluding hydrogens is 260 g/mol. The maximum atomic E-state index is 12.3. The Hall–Kier alpha value is -1.43. The van der Waals surface area contributed by atoms with Gasteiger partial charge in [-0.25, -0.2) is 4.79 Å². The number of nitrogens with one attached hydrogen (secondary N) is 1. The van der Waals surface area contributed by atoms with Crippen LogP contribution in [-0.2, 0) is 19.1 Å². The van der Waals surface area contributed by atoms with Gasteiger partial charge < -0.3 is 4.74 Å². The molecule has 0 aromatic carbocycles. The fourth-order valence-electron chi connectivity index (χ4n) is 2.58. The van der Waals surface area contributed by atoms with Crippen LogP contribution >= 0.6 is 0 Å². The number of hydrogen-bond donors (Lipinski definition) is 1. The SMILES string of the molecule is COC(=O)C(C)(CN1C(=O)CC(C)(C)C1=O)NC1CC1. The number of imide groups is 1. The zero-order valence-electron chi connectivity index (χ0n) is 12.5. The van der Waals surface area contributed by atoms with Crippen LogP contribution in [0.1, 0.15) is 40.0 Å². The number of ether oxygens (including phenoxy) is 1. The molecule has 2 rings (SSSR count). The fourth-order valence-corrected chi connectivity index (χ4v) is 2.58. The lowest BCUT2D eigenvalue weighted by Crippen LogP contribution is -2.59. The van der Waals surface area contributed by atoms with E-state index in [0.717, 1.165) is 12.8 Å². The van der Waals surface area contributed by atoms with Crippen molar-refractivity contribution in [2.75, 3.05) is 13.7 Å². The predicted molar refractivity (Wildman–Crippen MR) is 71.7 cm³/mol. The Bertz CT molecular complexity index is 456. The molecule has 1 N–H and O–H groups in total. The van der Waals surface area contributed by atoms with Crippen LogP contribution in [0, 0.1) is 5.41 Å². The Kier molecular flexibility index (Phi) is 3.62. The zero-order chi connectivity index (χ0) is 15.1. The van der Waals surface area contributed by atoms with E-state index in [2.05, 4.69) is 5.32 Å². The summed E-state index contributed by atoms with van der Waals surface area (Å²) in [5, 5.41) is 3.19. The van der Waals surface area contributed by atoms with Crippen LogP contribution in [0.25, 0.3) is 0 Å². The number of likely N-dealkylation sites (tertiary alicyclic amines) is 1. The summed E-state index contributed by atoms with van der Waals surface area (Å²) >= 11 is 0. The van der Waals surface area contributed by atoms with Crippen molar-refractivity contribution in [1.29, 1.82) is 0 Å². The van der Waals surface area contributed by atoms with Crippen molar-refractivity contribution in [2.45, 2.75) is 51.6 Å². The molecule has 1 heterocycles. The molecule has 0 radical (unpaired) electrons. The van der Waals surface area contributed by atoms with Crippen molar-refractivity contribution in [1.82, 2.24) is 10.2 Å². The third kappa shape index (κ3) is 2.70. The minimum Gasteiger partial charge on any atom is -0.468 e. The lowest BCUT2D eigenvalue weighted by molar-refractivity contribution is -0.151. The minimum atomic E-state index is -1.04. The average molecular weight is 282 g/mol. The zero-order valence-corrected chi connectivity index (χ0v) is 12.5. The van der Waals surface area contributed by atoms with Crippen LogP contribution in [0.2, 0.25) is 0 Å². The van der Waals surface area contributed by atoms with E-state index in [1.165, 1.54) is 12.0 Å². The Labute approximate surface area is 118 Å². The minimum absolute atomic E-state index is 0.0251. The summed E-state index contributed by atoms with van der Waals surface area (Å²) < 4.78 is 4.83. The number of methoxy groups -OCH3 is 1. The summed E-state index contributed by atoms with van der Waals surface area (Å²) in [6.07, 6.45) is 2.19. The predicted octanol–water partition coefficient (Wildman–Crippen LogP) is 0.455. The van der Waals surface area contributed by atoms with Gasteiger partial charge in [-0.15, -0.1) is 0 Å². The highest BCUT2D eigenvalue weighted by Gasteiger charge is 2.49. The summed E-state index contributed by atoms with van der Waals surface area (Å²) in [4.78, 5) is 37.5. The molecule has 1 saturated heterocycles. The highest BCUT2D eigenvalue weighted by molar-refractivity contribution is 6.06. The molecule has 0 spiro atoms. The molecule has 1 unspecified atom stereocenters. The maximum Gasteiger partial charge on any atom is 0.327 e. The van der Waals surface area contributed by atoms with Gasteiger partial charge in [0.1, 0.15) is 5.54 Å². The van der Waals surface area contributed by atoms with Gasteiger partial charge in [0, 0.05) is 12.5 Å². The van der Waals surface area contributed by atoms with Crippen molar-refractivity contribution in [3.8, 4) is 0 Å². The summed E-state index contributed by atoms with van der Waals surface area (Å²) in [5.74, 6) is -0.905. The summed E-state index contributed by atoms with van der Waals surface area (Å²) in [5.41, 5.74) is -1.73. The molecule has 1 atom stereocenters. The molecule has 2 fully saturated rings. The van der Waals surface area contributed by atoms with Gasteiger partial charge in [-0.2, -0.15) is 0 Å². The number of rotatable bonds is 5. The quantitative estimate of drug-likeness (QED) is 0.585. The van der Waals surface area contributed by atoms with Crippen molar-refractivity contribution in [3.05, 3.63) is 0 Å². The van der Waals surface area contributed by atoms with E-state index >= 15 is 0 Å². The molecule has 20 heavy (non-hydrogen) atoms. The Morgan fingerprint density at radius 2 is 2.05 bits per heavy atom. The standard InChI is InChI=1S/C14H22N2O4/c1-13(2)7-10(17)16(11(13)18)8-14(3,12(19)20-4)15-9-5-6-9/h9,15H,5-8H2,1-4H3. The molecule has 2 amide bonds. The van der Waals surface area contributed by atoms with Crippen LogP contribution in [0.5, 0.6) is 0 Å². The Balaban J connectivity index is 2.17. The molecule has 1 aliphatic carbocycles.